The molecule has 0 radical (unpaired) electrons. The van der Waals surface area contributed by atoms with E-state index < -0.39 is 5.97 Å². The molecule has 0 aliphatic rings. The fraction of sp³-hybridized carbons (Fsp3) is 0.267. The zero-order valence-electron chi connectivity index (χ0n) is 21.4. The highest BCUT2D eigenvalue weighted by atomic mass is 32.1. The van der Waals surface area contributed by atoms with Crippen molar-refractivity contribution in [1.82, 2.24) is 8.75 Å². The molecular formula is C30H29N3O2S. The lowest BCUT2D eigenvalue weighted by atomic mass is 9.78. The number of carbonyl (C=O) groups is 1. The molecule has 5 nitrogen and oxygen atoms in total. The quantitative estimate of drug-likeness (QED) is 0.232. The van der Waals surface area contributed by atoms with Gasteiger partial charge in [0.25, 0.3) is 0 Å². The summed E-state index contributed by atoms with van der Waals surface area (Å²) in [5.41, 5.74) is 8.74. The number of fused-ring (bicyclic) bond motifs is 1. The number of carboxylic acids is 1. The van der Waals surface area contributed by atoms with Crippen molar-refractivity contribution in [3.63, 3.8) is 0 Å². The number of benzene rings is 3. The van der Waals surface area contributed by atoms with Gasteiger partial charge in [-0.15, -0.1) is 0 Å². The van der Waals surface area contributed by atoms with Gasteiger partial charge >= 0.3 is 5.97 Å². The number of aromatic nitrogens is 2. The van der Waals surface area contributed by atoms with Crippen LogP contribution in [0.1, 0.15) is 58.2 Å². The molecule has 0 bridgehead atoms. The first-order chi connectivity index (χ1) is 16.9. The van der Waals surface area contributed by atoms with E-state index in [0.717, 1.165) is 33.3 Å². The molecule has 4 rings (SSSR count). The number of nitrogens with zero attached hydrogens (tertiary/aromatic N) is 3. The average Bonchev–Trinajstić information content (AvgIpc) is 3.31. The summed E-state index contributed by atoms with van der Waals surface area (Å²) >= 11 is 1.20. The molecule has 4 aromatic rings. The van der Waals surface area contributed by atoms with Crippen LogP contribution in [0.3, 0.4) is 0 Å². The molecule has 3 aromatic carbocycles. The third-order valence-electron chi connectivity index (χ3n) is 6.28. The normalized spacial score (nSPS) is 12.5. The van der Waals surface area contributed by atoms with Crippen LogP contribution in [0.25, 0.3) is 39.4 Å². The molecule has 1 N–H and O–H groups in total. The summed E-state index contributed by atoms with van der Waals surface area (Å²) in [6.07, 6.45) is 1.37. The van der Waals surface area contributed by atoms with Crippen LogP contribution in [0.2, 0.25) is 0 Å². The maximum absolute atomic E-state index is 11.1. The SMILES string of the molecule is CC(C)(C)c1cc(-c2ccc(-c3ccc(/C=C(\C#N)C(=O)O)cc3)c3nsnc23)cc(C(C)(C)C)c1. The molecule has 0 atom stereocenters. The van der Waals surface area contributed by atoms with Gasteiger partial charge in [0.15, 0.2) is 0 Å². The van der Waals surface area contributed by atoms with Crippen LogP contribution < -0.4 is 0 Å². The molecule has 1 heterocycles. The standard InChI is InChI=1S/C30H29N3O2S/c1-29(2,3)22-14-20(15-23(16-22)30(4,5)6)25-12-11-24(26-27(25)33-36-32-26)19-9-7-18(8-10-19)13-21(17-31)28(34)35/h7-16H,1-6H3,(H,34,35)/b21-13+. The molecule has 0 aliphatic heterocycles. The molecule has 0 aliphatic carbocycles. The maximum Gasteiger partial charge on any atom is 0.346 e. The molecule has 0 fully saturated rings. The first kappa shape index (κ1) is 25.3. The van der Waals surface area contributed by atoms with Crippen LogP contribution in [0.4, 0.5) is 0 Å². The van der Waals surface area contributed by atoms with Gasteiger partial charge in [-0.25, -0.2) is 4.79 Å². The summed E-state index contributed by atoms with van der Waals surface area (Å²) in [6, 6.07) is 20.2. The number of hydrogen-bond acceptors (Lipinski definition) is 5. The number of nitriles is 1. The molecule has 0 amide bonds. The number of aliphatic carboxylic acids is 1. The predicted octanol–water partition coefficient (Wildman–Crippen LogP) is 7.61. The second-order valence-electron chi connectivity index (χ2n) is 11.0. The number of hydrogen-bond donors (Lipinski definition) is 1. The Kier molecular flexibility index (Phi) is 6.55. The van der Waals surface area contributed by atoms with Gasteiger partial charge in [0.1, 0.15) is 22.7 Å². The van der Waals surface area contributed by atoms with Crippen molar-refractivity contribution < 1.29 is 9.90 Å². The molecule has 182 valence electrons. The first-order valence-corrected chi connectivity index (χ1v) is 12.5. The summed E-state index contributed by atoms with van der Waals surface area (Å²) < 4.78 is 9.30. The Labute approximate surface area is 216 Å². The highest BCUT2D eigenvalue weighted by Crippen LogP contribution is 2.38. The van der Waals surface area contributed by atoms with E-state index in [1.807, 2.05) is 12.1 Å². The van der Waals surface area contributed by atoms with Crippen molar-refractivity contribution in [3.05, 3.63) is 76.9 Å². The Morgan fingerprint density at radius 1 is 0.833 bits per heavy atom. The van der Waals surface area contributed by atoms with Gasteiger partial charge in [0.2, 0.25) is 0 Å². The van der Waals surface area contributed by atoms with E-state index in [0.29, 0.717) is 5.56 Å². The van der Waals surface area contributed by atoms with Crippen molar-refractivity contribution >= 4 is 34.8 Å². The molecule has 36 heavy (non-hydrogen) atoms. The Bertz CT molecular complexity index is 1490. The predicted molar refractivity (Wildman–Crippen MR) is 147 cm³/mol. The Hall–Kier alpha value is -3.82. The highest BCUT2D eigenvalue weighted by Gasteiger charge is 2.22. The van der Waals surface area contributed by atoms with E-state index in [4.69, 9.17) is 10.4 Å². The monoisotopic (exact) mass is 495 g/mol. The van der Waals surface area contributed by atoms with E-state index in [9.17, 15) is 4.79 Å². The molecule has 0 saturated carbocycles. The summed E-state index contributed by atoms with van der Waals surface area (Å²) in [7, 11) is 0. The largest absolute Gasteiger partial charge is 0.477 e. The van der Waals surface area contributed by atoms with Crippen LogP contribution in [0.15, 0.2) is 60.2 Å². The fourth-order valence-corrected chi connectivity index (χ4v) is 4.62. The second-order valence-corrected chi connectivity index (χ2v) is 11.5. The third kappa shape index (κ3) is 5.07. The fourth-order valence-electron chi connectivity index (χ4n) is 4.05. The third-order valence-corrected chi connectivity index (χ3v) is 6.80. The summed E-state index contributed by atoms with van der Waals surface area (Å²) in [6.45, 7) is 13.4. The highest BCUT2D eigenvalue weighted by molar-refractivity contribution is 7.00. The van der Waals surface area contributed by atoms with E-state index in [1.165, 1.54) is 28.9 Å². The van der Waals surface area contributed by atoms with Crippen molar-refractivity contribution in [2.24, 2.45) is 0 Å². The first-order valence-electron chi connectivity index (χ1n) is 11.8. The van der Waals surface area contributed by atoms with Gasteiger partial charge in [0, 0.05) is 11.1 Å². The van der Waals surface area contributed by atoms with Crippen molar-refractivity contribution in [2.45, 2.75) is 52.4 Å². The van der Waals surface area contributed by atoms with E-state index in [-0.39, 0.29) is 16.4 Å². The van der Waals surface area contributed by atoms with E-state index >= 15 is 0 Å². The zero-order chi connectivity index (χ0) is 26.3. The minimum Gasteiger partial charge on any atom is -0.477 e. The topological polar surface area (TPSA) is 86.9 Å². The van der Waals surface area contributed by atoms with Gasteiger partial charge in [-0.05, 0) is 44.7 Å². The molecule has 0 spiro atoms. The van der Waals surface area contributed by atoms with Crippen LogP contribution in [0.5, 0.6) is 0 Å². The lowest BCUT2D eigenvalue weighted by Crippen LogP contribution is -2.16. The molecule has 0 unspecified atom stereocenters. The van der Waals surface area contributed by atoms with E-state index in [2.05, 4.69) is 80.6 Å². The molecule has 1 aromatic heterocycles. The lowest BCUT2D eigenvalue weighted by Gasteiger charge is -2.26. The van der Waals surface area contributed by atoms with Crippen LogP contribution in [-0.2, 0) is 15.6 Å². The lowest BCUT2D eigenvalue weighted by molar-refractivity contribution is -0.132. The van der Waals surface area contributed by atoms with Crippen molar-refractivity contribution in [3.8, 4) is 28.3 Å². The maximum atomic E-state index is 11.1. The van der Waals surface area contributed by atoms with Crippen molar-refractivity contribution in [2.75, 3.05) is 0 Å². The molecule has 0 saturated heterocycles. The van der Waals surface area contributed by atoms with Gasteiger partial charge in [-0.2, -0.15) is 14.0 Å². The minimum absolute atomic E-state index is 0.0115. The summed E-state index contributed by atoms with van der Waals surface area (Å²) in [4.78, 5) is 11.1. The molecular weight excluding hydrogens is 466 g/mol. The Morgan fingerprint density at radius 3 is 1.78 bits per heavy atom. The summed E-state index contributed by atoms with van der Waals surface area (Å²) in [5.74, 6) is -1.24. The van der Waals surface area contributed by atoms with Crippen LogP contribution in [0, 0.1) is 11.3 Å². The van der Waals surface area contributed by atoms with Gasteiger partial charge < -0.3 is 5.11 Å². The zero-order valence-corrected chi connectivity index (χ0v) is 22.2. The number of rotatable bonds is 4. The average molecular weight is 496 g/mol. The van der Waals surface area contributed by atoms with Gasteiger partial charge in [0.05, 0.1) is 11.7 Å². The van der Waals surface area contributed by atoms with Crippen molar-refractivity contribution in [1.29, 1.82) is 5.26 Å². The molecule has 6 heteroatoms. The van der Waals surface area contributed by atoms with Gasteiger partial charge in [-0.3, -0.25) is 0 Å². The minimum atomic E-state index is -1.24. The Balaban J connectivity index is 1.82. The van der Waals surface area contributed by atoms with Crippen LogP contribution in [-0.4, -0.2) is 19.8 Å². The number of carboxylic acid groups (broad SMARTS) is 1. The smallest absolute Gasteiger partial charge is 0.346 e. The second kappa shape index (κ2) is 9.33. The van der Waals surface area contributed by atoms with E-state index in [1.54, 1.807) is 18.2 Å². The van der Waals surface area contributed by atoms with Crippen LogP contribution >= 0.6 is 11.7 Å². The summed E-state index contributed by atoms with van der Waals surface area (Å²) in [5, 5.41) is 18.1. The Morgan fingerprint density at radius 2 is 1.33 bits per heavy atom. The van der Waals surface area contributed by atoms with Gasteiger partial charge in [-0.1, -0.05) is 96.1 Å².